The van der Waals surface area contributed by atoms with Crippen molar-refractivity contribution in [2.24, 2.45) is 0 Å². The van der Waals surface area contributed by atoms with E-state index in [4.69, 9.17) is 4.74 Å². The van der Waals surface area contributed by atoms with Gasteiger partial charge >= 0.3 is 0 Å². The molecule has 19 heavy (non-hydrogen) atoms. The van der Waals surface area contributed by atoms with Gasteiger partial charge in [-0.1, -0.05) is 13.3 Å². The SMILES string of the molecule is CC[C@@H]1CCCCN1S(=O)(=O)c1ccc(OC)cc1. The van der Waals surface area contributed by atoms with Crippen LogP contribution < -0.4 is 4.74 Å². The highest BCUT2D eigenvalue weighted by Gasteiger charge is 2.32. The number of hydrogen-bond donors (Lipinski definition) is 0. The van der Waals surface area contributed by atoms with Crippen LogP contribution in [0.5, 0.6) is 5.75 Å². The second kappa shape index (κ2) is 5.92. The molecule has 0 amide bonds. The van der Waals surface area contributed by atoms with E-state index in [1.165, 1.54) is 0 Å². The van der Waals surface area contributed by atoms with Crippen LogP contribution in [-0.4, -0.2) is 32.4 Å². The first-order chi connectivity index (χ1) is 9.09. The number of rotatable bonds is 4. The fourth-order valence-corrected chi connectivity index (χ4v) is 4.35. The summed E-state index contributed by atoms with van der Waals surface area (Å²) in [5, 5.41) is 0. The minimum Gasteiger partial charge on any atom is -0.497 e. The van der Waals surface area contributed by atoms with Crippen LogP contribution in [0.1, 0.15) is 32.6 Å². The zero-order valence-electron chi connectivity index (χ0n) is 11.5. The third-order valence-corrected chi connectivity index (χ3v) is 5.68. The number of hydrogen-bond acceptors (Lipinski definition) is 3. The van der Waals surface area contributed by atoms with Gasteiger partial charge in [-0.2, -0.15) is 4.31 Å². The first-order valence-electron chi connectivity index (χ1n) is 6.75. The Labute approximate surface area is 115 Å². The molecule has 0 spiro atoms. The van der Waals surface area contributed by atoms with Gasteiger partial charge in [0.1, 0.15) is 5.75 Å². The second-order valence-electron chi connectivity index (χ2n) is 4.85. The smallest absolute Gasteiger partial charge is 0.243 e. The second-order valence-corrected chi connectivity index (χ2v) is 6.74. The number of piperidine rings is 1. The van der Waals surface area contributed by atoms with Crippen LogP contribution in [0, 0.1) is 0 Å². The van der Waals surface area contributed by atoms with Gasteiger partial charge < -0.3 is 4.74 Å². The van der Waals surface area contributed by atoms with E-state index in [2.05, 4.69) is 0 Å². The van der Waals surface area contributed by atoms with Gasteiger partial charge in [-0.05, 0) is 43.5 Å². The summed E-state index contributed by atoms with van der Waals surface area (Å²) in [7, 11) is -1.80. The van der Waals surface area contributed by atoms with Crippen molar-refractivity contribution in [2.45, 2.75) is 43.5 Å². The Kier molecular flexibility index (Phi) is 4.47. The average molecular weight is 283 g/mol. The van der Waals surface area contributed by atoms with Gasteiger partial charge in [-0.3, -0.25) is 0 Å². The summed E-state index contributed by atoms with van der Waals surface area (Å²) < 4.78 is 32.0. The maximum Gasteiger partial charge on any atom is 0.243 e. The molecule has 1 aromatic carbocycles. The highest BCUT2D eigenvalue weighted by atomic mass is 32.2. The van der Waals surface area contributed by atoms with Crippen molar-refractivity contribution < 1.29 is 13.2 Å². The van der Waals surface area contributed by atoms with Gasteiger partial charge in [-0.15, -0.1) is 0 Å². The van der Waals surface area contributed by atoms with Crippen LogP contribution in [0.3, 0.4) is 0 Å². The van der Waals surface area contributed by atoms with Gasteiger partial charge in [0.05, 0.1) is 12.0 Å². The van der Waals surface area contributed by atoms with E-state index in [9.17, 15) is 8.42 Å². The van der Waals surface area contributed by atoms with E-state index >= 15 is 0 Å². The van der Waals surface area contributed by atoms with Crippen LogP contribution in [0.25, 0.3) is 0 Å². The monoisotopic (exact) mass is 283 g/mol. The van der Waals surface area contributed by atoms with Crippen LogP contribution in [0.15, 0.2) is 29.2 Å². The van der Waals surface area contributed by atoms with Crippen molar-refractivity contribution in [3.05, 3.63) is 24.3 Å². The maximum absolute atomic E-state index is 12.6. The molecule has 0 aliphatic carbocycles. The molecule has 1 aliphatic rings. The van der Waals surface area contributed by atoms with Gasteiger partial charge in [0.2, 0.25) is 10.0 Å². The van der Waals surface area contributed by atoms with Crippen molar-refractivity contribution in [3.8, 4) is 5.75 Å². The van der Waals surface area contributed by atoms with Gasteiger partial charge in [0, 0.05) is 12.6 Å². The summed E-state index contributed by atoms with van der Waals surface area (Å²) in [6, 6.07) is 6.77. The van der Waals surface area contributed by atoms with Crippen LogP contribution in [-0.2, 0) is 10.0 Å². The third-order valence-electron chi connectivity index (χ3n) is 3.71. The predicted octanol–water partition coefficient (Wildman–Crippen LogP) is 2.65. The lowest BCUT2D eigenvalue weighted by molar-refractivity contribution is 0.246. The highest BCUT2D eigenvalue weighted by Crippen LogP contribution is 2.27. The Balaban J connectivity index is 2.29. The summed E-state index contributed by atoms with van der Waals surface area (Å²) in [5.74, 6) is 0.671. The molecule has 2 rings (SSSR count). The van der Waals surface area contributed by atoms with Crippen LogP contribution in [0.4, 0.5) is 0 Å². The molecular weight excluding hydrogens is 262 g/mol. The minimum absolute atomic E-state index is 0.140. The number of sulfonamides is 1. The van der Waals surface area contributed by atoms with E-state index in [1.54, 1.807) is 35.7 Å². The Morgan fingerprint density at radius 2 is 1.95 bits per heavy atom. The largest absolute Gasteiger partial charge is 0.497 e. The minimum atomic E-state index is -3.37. The average Bonchev–Trinajstić information content (AvgIpc) is 2.47. The number of methoxy groups -OCH3 is 1. The number of benzene rings is 1. The molecular formula is C14H21NO3S. The summed E-state index contributed by atoms with van der Waals surface area (Å²) >= 11 is 0. The van der Waals surface area contributed by atoms with Crippen molar-refractivity contribution in [1.29, 1.82) is 0 Å². The Hall–Kier alpha value is -1.07. The van der Waals surface area contributed by atoms with Crippen LogP contribution in [0.2, 0.25) is 0 Å². The first kappa shape index (κ1) is 14.3. The van der Waals surface area contributed by atoms with Crippen molar-refractivity contribution in [3.63, 3.8) is 0 Å². The predicted molar refractivity (Wildman–Crippen MR) is 74.8 cm³/mol. The first-order valence-corrected chi connectivity index (χ1v) is 8.19. The van der Waals surface area contributed by atoms with E-state index < -0.39 is 10.0 Å². The van der Waals surface area contributed by atoms with E-state index in [0.29, 0.717) is 17.2 Å². The molecule has 1 aromatic rings. The molecule has 1 fully saturated rings. The van der Waals surface area contributed by atoms with E-state index in [0.717, 1.165) is 25.7 Å². The molecule has 1 atom stereocenters. The normalized spacial score (nSPS) is 21.3. The summed E-state index contributed by atoms with van der Waals surface area (Å²) in [6.45, 7) is 2.68. The molecule has 0 unspecified atom stereocenters. The summed E-state index contributed by atoms with van der Waals surface area (Å²) in [4.78, 5) is 0.355. The summed E-state index contributed by atoms with van der Waals surface area (Å²) in [6.07, 6.45) is 3.90. The molecule has 0 radical (unpaired) electrons. The van der Waals surface area contributed by atoms with Crippen molar-refractivity contribution >= 4 is 10.0 Å². The molecule has 106 valence electrons. The van der Waals surface area contributed by atoms with Crippen LogP contribution >= 0.6 is 0 Å². The Morgan fingerprint density at radius 3 is 2.53 bits per heavy atom. The van der Waals surface area contributed by atoms with E-state index in [-0.39, 0.29) is 6.04 Å². The lowest BCUT2D eigenvalue weighted by Crippen LogP contribution is -2.43. The number of nitrogens with zero attached hydrogens (tertiary/aromatic N) is 1. The topological polar surface area (TPSA) is 46.6 Å². The molecule has 1 heterocycles. The van der Waals surface area contributed by atoms with Crippen molar-refractivity contribution in [2.75, 3.05) is 13.7 Å². The fourth-order valence-electron chi connectivity index (χ4n) is 2.58. The maximum atomic E-state index is 12.6. The van der Waals surface area contributed by atoms with Crippen molar-refractivity contribution in [1.82, 2.24) is 4.31 Å². The molecule has 1 saturated heterocycles. The molecule has 5 heteroatoms. The molecule has 0 N–H and O–H groups in total. The van der Waals surface area contributed by atoms with Gasteiger partial charge in [-0.25, -0.2) is 8.42 Å². The number of ether oxygens (including phenoxy) is 1. The molecule has 1 aliphatic heterocycles. The zero-order chi connectivity index (χ0) is 13.9. The van der Waals surface area contributed by atoms with Gasteiger partial charge in [0.15, 0.2) is 0 Å². The molecule has 4 nitrogen and oxygen atoms in total. The molecule has 0 saturated carbocycles. The molecule has 0 aromatic heterocycles. The zero-order valence-corrected chi connectivity index (χ0v) is 12.3. The standard InChI is InChI=1S/C14H21NO3S/c1-3-12-6-4-5-11-15(12)19(16,17)14-9-7-13(18-2)8-10-14/h7-10,12H,3-6,11H2,1-2H3/t12-/m1/s1. The highest BCUT2D eigenvalue weighted by molar-refractivity contribution is 7.89. The fraction of sp³-hybridized carbons (Fsp3) is 0.571. The molecule has 0 bridgehead atoms. The van der Waals surface area contributed by atoms with Gasteiger partial charge in [0.25, 0.3) is 0 Å². The van der Waals surface area contributed by atoms with E-state index in [1.807, 2.05) is 6.92 Å². The summed E-state index contributed by atoms with van der Waals surface area (Å²) in [5.41, 5.74) is 0. The Bertz CT molecular complexity index is 510. The Morgan fingerprint density at radius 1 is 1.26 bits per heavy atom. The quantitative estimate of drug-likeness (QED) is 0.853. The lowest BCUT2D eigenvalue weighted by atomic mass is 10.0. The third kappa shape index (κ3) is 2.92. The lowest BCUT2D eigenvalue weighted by Gasteiger charge is -2.34.